The molecule has 1 aliphatic rings. The van der Waals surface area contributed by atoms with Crippen LogP contribution < -0.4 is 5.32 Å². The summed E-state index contributed by atoms with van der Waals surface area (Å²) in [4.78, 5) is 24.4. The maximum absolute atomic E-state index is 12.1. The number of aliphatic carboxylic acids is 1. The van der Waals surface area contributed by atoms with Crippen LogP contribution in [0.3, 0.4) is 0 Å². The summed E-state index contributed by atoms with van der Waals surface area (Å²) in [6.07, 6.45) is 1.49. The van der Waals surface area contributed by atoms with Crippen molar-refractivity contribution >= 4 is 17.7 Å². The molecule has 1 unspecified atom stereocenters. The predicted molar refractivity (Wildman–Crippen MR) is 78.4 cm³/mol. The molecule has 1 saturated heterocycles. The number of methoxy groups -OCH3 is 1. The molecule has 6 nitrogen and oxygen atoms in total. The Morgan fingerprint density at radius 1 is 1.48 bits per heavy atom. The van der Waals surface area contributed by atoms with Crippen molar-refractivity contribution in [2.24, 2.45) is 0 Å². The van der Waals surface area contributed by atoms with Crippen molar-refractivity contribution in [2.45, 2.75) is 25.4 Å². The molecule has 2 N–H and O–H groups in total. The molecule has 1 aromatic rings. The number of hydrogen-bond donors (Lipinski definition) is 2. The van der Waals surface area contributed by atoms with Gasteiger partial charge in [-0.05, 0) is 30.5 Å². The van der Waals surface area contributed by atoms with E-state index >= 15 is 0 Å². The summed E-state index contributed by atoms with van der Waals surface area (Å²) < 4.78 is 5.24. The van der Waals surface area contributed by atoms with E-state index in [-0.39, 0.29) is 18.6 Å². The van der Waals surface area contributed by atoms with Crippen LogP contribution in [0.15, 0.2) is 24.3 Å². The van der Waals surface area contributed by atoms with Crippen LogP contribution in [-0.2, 0) is 16.0 Å². The van der Waals surface area contributed by atoms with E-state index in [1.165, 1.54) is 0 Å². The van der Waals surface area contributed by atoms with Crippen molar-refractivity contribution in [3.8, 4) is 0 Å². The minimum atomic E-state index is -0.827. The van der Waals surface area contributed by atoms with E-state index in [2.05, 4.69) is 5.32 Å². The van der Waals surface area contributed by atoms with Gasteiger partial charge in [0.2, 0.25) is 0 Å². The lowest BCUT2D eigenvalue weighted by Gasteiger charge is -2.17. The summed E-state index contributed by atoms with van der Waals surface area (Å²) in [7, 11) is 1.65. The van der Waals surface area contributed by atoms with Gasteiger partial charge >= 0.3 is 12.0 Å². The molecule has 2 amide bonds. The first kappa shape index (κ1) is 15.3. The SMILES string of the molecule is COC1CCN(C(=O)Nc2cccc(CCC(=O)O)c2)C1. The summed E-state index contributed by atoms with van der Waals surface area (Å²) in [5, 5.41) is 11.5. The number of carbonyl (C=O) groups is 2. The highest BCUT2D eigenvalue weighted by Gasteiger charge is 2.25. The number of nitrogens with one attached hydrogen (secondary N) is 1. The van der Waals surface area contributed by atoms with E-state index in [4.69, 9.17) is 9.84 Å². The van der Waals surface area contributed by atoms with Gasteiger partial charge in [-0.25, -0.2) is 4.79 Å². The van der Waals surface area contributed by atoms with Gasteiger partial charge in [-0.2, -0.15) is 0 Å². The molecule has 1 aliphatic heterocycles. The van der Waals surface area contributed by atoms with E-state index in [1.54, 1.807) is 18.1 Å². The Morgan fingerprint density at radius 2 is 2.29 bits per heavy atom. The lowest BCUT2D eigenvalue weighted by molar-refractivity contribution is -0.136. The number of carbonyl (C=O) groups excluding carboxylic acids is 1. The van der Waals surface area contributed by atoms with Crippen LogP contribution >= 0.6 is 0 Å². The molecular formula is C15H20N2O4. The molecular weight excluding hydrogens is 272 g/mol. The molecule has 2 rings (SSSR count). The number of carboxylic acids is 1. The number of hydrogen-bond acceptors (Lipinski definition) is 3. The Morgan fingerprint density at radius 3 is 2.95 bits per heavy atom. The lowest BCUT2D eigenvalue weighted by Crippen LogP contribution is -2.33. The van der Waals surface area contributed by atoms with E-state index in [0.717, 1.165) is 12.0 Å². The zero-order chi connectivity index (χ0) is 15.2. The van der Waals surface area contributed by atoms with Gasteiger partial charge in [-0.15, -0.1) is 0 Å². The first-order valence-corrected chi connectivity index (χ1v) is 6.98. The number of nitrogens with zero attached hydrogens (tertiary/aromatic N) is 1. The van der Waals surface area contributed by atoms with E-state index < -0.39 is 5.97 Å². The van der Waals surface area contributed by atoms with E-state index in [1.807, 2.05) is 18.2 Å². The number of amides is 2. The van der Waals surface area contributed by atoms with Crippen molar-refractivity contribution in [1.82, 2.24) is 4.90 Å². The predicted octanol–water partition coefficient (Wildman–Crippen LogP) is 1.96. The molecule has 0 aromatic heterocycles. The van der Waals surface area contributed by atoms with Gasteiger partial charge in [0.1, 0.15) is 0 Å². The minimum Gasteiger partial charge on any atom is -0.481 e. The smallest absolute Gasteiger partial charge is 0.321 e. The third-order valence-corrected chi connectivity index (χ3v) is 3.57. The van der Waals surface area contributed by atoms with E-state index in [9.17, 15) is 9.59 Å². The van der Waals surface area contributed by atoms with Crippen LogP contribution in [0, 0.1) is 0 Å². The molecule has 6 heteroatoms. The largest absolute Gasteiger partial charge is 0.481 e. The number of benzene rings is 1. The number of likely N-dealkylation sites (tertiary alicyclic amines) is 1. The maximum atomic E-state index is 12.1. The summed E-state index contributed by atoms with van der Waals surface area (Å²) in [6, 6.07) is 7.13. The fourth-order valence-corrected chi connectivity index (χ4v) is 2.36. The van der Waals surface area contributed by atoms with Crippen molar-refractivity contribution in [3.63, 3.8) is 0 Å². The second-order valence-electron chi connectivity index (χ2n) is 5.12. The van der Waals surface area contributed by atoms with Gasteiger partial charge in [-0.3, -0.25) is 4.79 Å². The Kier molecular flexibility index (Phi) is 5.16. The molecule has 0 spiro atoms. The number of anilines is 1. The van der Waals surface area contributed by atoms with Crippen LogP contribution in [0.1, 0.15) is 18.4 Å². The quantitative estimate of drug-likeness (QED) is 0.869. The molecule has 0 saturated carbocycles. The standard InChI is InChI=1S/C15H20N2O4/c1-21-13-7-8-17(10-13)15(20)16-12-4-2-3-11(9-12)5-6-14(18)19/h2-4,9,13H,5-8,10H2,1H3,(H,16,20)(H,18,19). The van der Waals surface area contributed by atoms with Gasteiger partial charge in [0.25, 0.3) is 0 Å². The molecule has 1 atom stereocenters. The molecule has 1 aromatic carbocycles. The van der Waals surface area contributed by atoms with Gasteiger partial charge < -0.3 is 20.1 Å². The van der Waals surface area contributed by atoms with Crippen molar-refractivity contribution in [3.05, 3.63) is 29.8 Å². The average molecular weight is 292 g/mol. The van der Waals surface area contributed by atoms with Gasteiger partial charge in [0.15, 0.2) is 0 Å². The fraction of sp³-hybridized carbons (Fsp3) is 0.467. The molecule has 0 aliphatic carbocycles. The highest BCUT2D eigenvalue weighted by Crippen LogP contribution is 2.16. The Balaban J connectivity index is 1.91. The van der Waals surface area contributed by atoms with Crippen LogP contribution in [-0.4, -0.2) is 48.3 Å². The lowest BCUT2D eigenvalue weighted by atomic mass is 10.1. The van der Waals surface area contributed by atoms with Crippen molar-refractivity contribution < 1.29 is 19.4 Å². The van der Waals surface area contributed by atoms with Crippen LogP contribution in [0.5, 0.6) is 0 Å². The van der Waals surface area contributed by atoms with Crippen molar-refractivity contribution in [2.75, 3.05) is 25.5 Å². The van der Waals surface area contributed by atoms with Gasteiger partial charge in [0.05, 0.1) is 6.10 Å². The molecule has 1 fully saturated rings. The summed E-state index contributed by atoms with van der Waals surface area (Å²) in [5.41, 5.74) is 1.58. The highest BCUT2D eigenvalue weighted by molar-refractivity contribution is 5.89. The molecule has 114 valence electrons. The second-order valence-corrected chi connectivity index (χ2v) is 5.12. The van der Waals surface area contributed by atoms with Crippen LogP contribution in [0.25, 0.3) is 0 Å². The summed E-state index contributed by atoms with van der Waals surface area (Å²) >= 11 is 0. The van der Waals surface area contributed by atoms with Gasteiger partial charge in [0, 0.05) is 32.3 Å². The first-order chi connectivity index (χ1) is 10.1. The summed E-state index contributed by atoms with van der Waals surface area (Å²) in [6.45, 7) is 1.28. The van der Waals surface area contributed by atoms with Crippen LogP contribution in [0.2, 0.25) is 0 Å². The molecule has 21 heavy (non-hydrogen) atoms. The van der Waals surface area contributed by atoms with Crippen LogP contribution in [0.4, 0.5) is 10.5 Å². The average Bonchev–Trinajstić information content (AvgIpc) is 2.94. The number of ether oxygens (including phenoxy) is 1. The first-order valence-electron chi connectivity index (χ1n) is 6.98. The molecule has 1 heterocycles. The number of aryl methyl sites for hydroxylation is 1. The zero-order valence-corrected chi connectivity index (χ0v) is 12.0. The van der Waals surface area contributed by atoms with E-state index in [0.29, 0.717) is 25.2 Å². The number of urea groups is 1. The summed E-state index contributed by atoms with van der Waals surface area (Å²) in [5.74, 6) is -0.827. The minimum absolute atomic E-state index is 0.0824. The van der Waals surface area contributed by atoms with Gasteiger partial charge in [-0.1, -0.05) is 12.1 Å². The van der Waals surface area contributed by atoms with Crippen molar-refractivity contribution in [1.29, 1.82) is 0 Å². The third kappa shape index (κ3) is 4.46. The third-order valence-electron chi connectivity index (χ3n) is 3.57. The Labute approximate surface area is 123 Å². The molecule has 0 bridgehead atoms. The topological polar surface area (TPSA) is 78.9 Å². The Bertz CT molecular complexity index is 518. The zero-order valence-electron chi connectivity index (χ0n) is 12.0. The second kappa shape index (κ2) is 7.08. The molecule has 0 radical (unpaired) electrons. The highest BCUT2D eigenvalue weighted by atomic mass is 16.5. The fourth-order valence-electron chi connectivity index (χ4n) is 2.36. The monoisotopic (exact) mass is 292 g/mol. The normalized spacial score (nSPS) is 17.8. The number of rotatable bonds is 5. The number of carboxylic acid groups (broad SMARTS) is 1. The maximum Gasteiger partial charge on any atom is 0.321 e. The Hall–Kier alpha value is -2.08.